The number of hydrogen-bond donors (Lipinski definition) is 0. The molecule has 3 nitrogen and oxygen atoms in total. The van der Waals surface area contributed by atoms with Gasteiger partial charge in [0, 0.05) is 18.4 Å². The quantitative estimate of drug-likeness (QED) is 0.558. The molecule has 2 radical (unpaired) electrons. The lowest BCUT2D eigenvalue weighted by Crippen LogP contribution is -2.20. The normalized spacial score (nSPS) is 24.2. The Bertz CT molecular complexity index is 255. The van der Waals surface area contributed by atoms with Crippen LogP contribution in [0.2, 0.25) is 0 Å². The van der Waals surface area contributed by atoms with Gasteiger partial charge in [-0.2, -0.15) is 5.10 Å². The van der Waals surface area contributed by atoms with Gasteiger partial charge in [-0.3, -0.25) is 0 Å². The molecule has 1 aliphatic rings. The van der Waals surface area contributed by atoms with Gasteiger partial charge in [-0.1, -0.05) is 0 Å². The van der Waals surface area contributed by atoms with E-state index >= 15 is 0 Å². The number of hydrogen-bond acceptors (Lipinski definition) is 2. The second-order valence-corrected chi connectivity index (χ2v) is 3.04. The molecular formula is C8H11BN2O. The lowest BCUT2D eigenvalue weighted by atomic mass is 10.1. The maximum atomic E-state index is 5.52. The molecule has 0 saturated carbocycles. The van der Waals surface area contributed by atoms with Gasteiger partial charge in [-0.05, 0) is 25.3 Å². The maximum Gasteiger partial charge on any atom is 0.150 e. The Morgan fingerprint density at radius 1 is 1.58 bits per heavy atom. The van der Waals surface area contributed by atoms with Crippen LogP contribution >= 0.6 is 0 Å². The van der Waals surface area contributed by atoms with Gasteiger partial charge in [0.1, 0.15) is 14.1 Å². The van der Waals surface area contributed by atoms with E-state index in [9.17, 15) is 0 Å². The van der Waals surface area contributed by atoms with Crippen molar-refractivity contribution in [3.8, 4) is 0 Å². The molecule has 1 unspecified atom stereocenters. The van der Waals surface area contributed by atoms with Crippen LogP contribution in [0.3, 0.4) is 0 Å². The third kappa shape index (κ3) is 1.53. The van der Waals surface area contributed by atoms with Crippen molar-refractivity contribution in [2.45, 2.75) is 25.5 Å². The molecule has 0 aromatic carbocycles. The van der Waals surface area contributed by atoms with E-state index in [2.05, 4.69) is 5.10 Å². The van der Waals surface area contributed by atoms with Crippen molar-refractivity contribution >= 4 is 13.4 Å². The van der Waals surface area contributed by atoms with E-state index in [1.165, 1.54) is 6.42 Å². The van der Waals surface area contributed by atoms with Crippen LogP contribution in [0.1, 0.15) is 25.5 Å². The van der Waals surface area contributed by atoms with Crippen LogP contribution in [0.15, 0.2) is 12.3 Å². The van der Waals surface area contributed by atoms with E-state index in [-0.39, 0.29) is 6.23 Å². The van der Waals surface area contributed by atoms with Crippen molar-refractivity contribution in [3.05, 3.63) is 12.3 Å². The lowest BCUT2D eigenvalue weighted by Gasteiger charge is -2.22. The van der Waals surface area contributed by atoms with Crippen LogP contribution < -0.4 is 5.59 Å². The predicted octanol–water partition coefficient (Wildman–Crippen LogP) is 0.376. The minimum absolute atomic E-state index is 0.107. The van der Waals surface area contributed by atoms with Gasteiger partial charge in [-0.15, -0.1) is 0 Å². The number of rotatable bonds is 1. The van der Waals surface area contributed by atoms with Gasteiger partial charge in [0.25, 0.3) is 0 Å². The summed E-state index contributed by atoms with van der Waals surface area (Å²) in [7, 11) is 5.50. The summed E-state index contributed by atoms with van der Waals surface area (Å²) in [5, 5.41) is 4.10. The average Bonchev–Trinajstić information content (AvgIpc) is 2.54. The largest absolute Gasteiger partial charge is 0.357 e. The summed E-state index contributed by atoms with van der Waals surface area (Å²) in [5.74, 6) is 0. The SMILES string of the molecule is [B]c1ccn(C2CCCCO2)n1. The van der Waals surface area contributed by atoms with E-state index < -0.39 is 0 Å². The van der Waals surface area contributed by atoms with Crippen molar-refractivity contribution in [1.29, 1.82) is 0 Å². The fraction of sp³-hybridized carbons (Fsp3) is 0.625. The van der Waals surface area contributed by atoms with Gasteiger partial charge in [0.2, 0.25) is 0 Å². The fourth-order valence-corrected chi connectivity index (χ4v) is 1.45. The third-order valence-electron chi connectivity index (χ3n) is 2.08. The summed E-state index contributed by atoms with van der Waals surface area (Å²) in [6.07, 6.45) is 5.39. The van der Waals surface area contributed by atoms with Gasteiger partial charge >= 0.3 is 0 Å². The molecule has 1 atom stereocenters. The first-order valence-electron chi connectivity index (χ1n) is 4.28. The van der Waals surface area contributed by atoms with E-state index in [1.807, 2.05) is 6.20 Å². The minimum Gasteiger partial charge on any atom is -0.357 e. The van der Waals surface area contributed by atoms with E-state index in [0.29, 0.717) is 5.59 Å². The van der Waals surface area contributed by atoms with E-state index in [0.717, 1.165) is 19.4 Å². The maximum absolute atomic E-state index is 5.52. The molecule has 0 amide bonds. The molecule has 1 aromatic rings. The Labute approximate surface area is 73.1 Å². The standard InChI is InChI=1S/C8H11BN2O/c9-7-4-5-11(10-7)8-3-1-2-6-12-8/h4-5,8H,1-3,6H2. The van der Waals surface area contributed by atoms with Crippen LogP contribution in [0, 0.1) is 0 Å². The number of nitrogens with zero attached hydrogens (tertiary/aromatic N) is 2. The first kappa shape index (κ1) is 7.86. The molecule has 2 heterocycles. The zero-order valence-corrected chi connectivity index (χ0v) is 6.94. The topological polar surface area (TPSA) is 27.1 Å². The van der Waals surface area contributed by atoms with Gasteiger partial charge in [0.05, 0.1) is 0 Å². The minimum atomic E-state index is 0.107. The van der Waals surface area contributed by atoms with Gasteiger partial charge < -0.3 is 4.74 Å². The highest BCUT2D eigenvalue weighted by Crippen LogP contribution is 2.20. The molecule has 4 heteroatoms. The summed E-state index contributed by atoms with van der Waals surface area (Å²) in [6, 6.07) is 1.79. The second-order valence-electron chi connectivity index (χ2n) is 3.04. The van der Waals surface area contributed by atoms with Crippen LogP contribution in [-0.4, -0.2) is 24.2 Å². The first-order chi connectivity index (χ1) is 5.86. The Balaban J connectivity index is 2.08. The molecule has 1 aromatic heterocycles. The summed E-state index contributed by atoms with van der Waals surface area (Å²) < 4.78 is 7.32. The molecule has 2 rings (SSSR count). The molecule has 1 saturated heterocycles. The van der Waals surface area contributed by atoms with E-state index in [4.69, 9.17) is 12.6 Å². The molecule has 0 bridgehead atoms. The van der Waals surface area contributed by atoms with E-state index in [1.54, 1.807) is 10.7 Å². The Morgan fingerprint density at radius 2 is 2.50 bits per heavy atom. The average molecular weight is 162 g/mol. The van der Waals surface area contributed by atoms with Gasteiger partial charge in [-0.25, -0.2) is 4.68 Å². The number of ether oxygens (including phenoxy) is 1. The Kier molecular flexibility index (Phi) is 2.17. The number of aromatic nitrogens is 2. The summed E-state index contributed by atoms with van der Waals surface area (Å²) in [4.78, 5) is 0. The van der Waals surface area contributed by atoms with Crippen LogP contribution in [0.4, 0.5) is 0 Å². The molecule has 1 aliphatic heterocycles. The Hall–Kier alpha value is -0.765. The van der Waals surface area contributed by atoms with Crippen LogP contribution in [0.25, 0.3) is 0 Å². The fourth-order valence-electron chi connectivity index (χ4n) is 1.45. The zero-order chi connectivity index (χ0) is 8.39. The molecular weight excluding hydrogens is 151 g/mol. The molecule has 1 fully saturated rings. The smallest absolute Gasteiger partial charge is 0.150 e. The molecule has 12 heavy (non-hydrogen) atoms. The van der Waals surface area contributed by atoms with Crippen molar-refractivity contribution in [3.63, 3.8) is 0 Å². The van der Waals surface area contributed by atoms with Gasteiger partial charge in [0.15, 0.2) is 0 Å². The zero-order valence-electron chi connectivity index (χ0n) is 6.94. The predicted molar refractivity (Wildman–Crippen MR) is 46.5 cm³/mol. The van der Waals surface area contributed by atoms with Crippen LogP contribution in [-0.2, 0) is 4.74 Å². The summed E-state index contributed by atoms with van der Waals surface area (Å²) >= 11 is 0. The van der Waals surface area contributed by atoms with Crippen molar-refractivity contribution in [1.82, 2.24) is 9.78 Å². The first-order valence-corrected chi connectivity index (χ1v) is 4.28. The van der Waals surface area contributed by atoms with Crippen molar-refractivity contribution in [2.75, 3.05) is 6.61 Å². The highest BCUT2D eigenvalue weighted by Gasteiger charge is 2.15. The highest BCUT2D eigenvalue weighted by atomic mass is 16.5. The molecule has 62 valence electrons. The molecule has 0 N–H and O–H groups in total. The molecule has 0 aliphatic carbocycles. The summed E-state index contributed by atoms with van der Waals surface area (Å²) in [5.41, 5.74) is 0.559. The third-order valence-corrected chi connectivity index (χ3v) is 2.08. The van der Waals surface area contributed by atoms with Crippen LogP contribution in [0.5, 0.6) is 0 Å². The second kappa shape index (κ2) is 3.31. The van der Waals surface area contributed by atoms with Crippen molar-refractivity contribution < 1.29 is 4.74 Å². The Morgan fingerprint density at radius 3 is 3.08 bits per heavy atom. The van der Waals surface area contributed by atoms with Crippen molar-refractivity contribution in [2.24, 2.45) is 0 Å². The molecule has 0 spiro atoms. The summed E-state index contributed by atoms with van der Waals surface area (Å²) in [6.45, 7) is 0.838. The monoisotopic (exact) mass is 162 g/mol. The highest BCUT2D eigenvalue weighted by molar-refractivity contribution is 6.30. The lowest BCUT2D eigenvalue weighted by molar-refractivity contribution is -0.0392.